The highest BCUT2D eigenvalue weighted by molar-refractivity contribution is 7.13. The Labute approximate surface area is 132 Å². The fraction of sp³-hybridized carbons (Fsp3) is 0.250. The van der Waals surface area contributed by atoms with Gasteiger partial charge in [-0.25, -0.2) is 4.39 Å². The minimum Gasteiger partial charge on any atom is -0.337 e. The van der Waals surface area contributed by atoms with Gasteiger partial charge in [-0.2, -0.15) is 0 Å². The fourth-order valence-electron chi connectivity index (χ4n) is 1.78. The first-order chi connectivity index (χ1) is 10.3. The SMILES string of the molecule is Cc1ccc(C(=O)NC(C)(C)C(=O)Nc2ccc(F)cc2)s1. The minimum absolute atomic E-state index is 0.294. The molecule has 1 heterocycles. The standard InChI is InChI=1S/C16H17FN2O2S/c1-10-4-9-13(22-10)14(20)19-16(2,3)15(21)18-12-7-5-11(17)6-8-12/h4-9H,1-3H3,(H,18,21)(H,19,20). The first kappa shape index (κ1) is 16.2. The van der Waals surface area contributed by atoms with E-state index in [0.29, 0.717) is 10.6 Å². The van der Waals surface area contributed by atoms with Gasteiger partial charge in [0.1, 0.15) is 11.4 Å². The molecule has 22 heavy (non-hydrogen) atoms. The van der Waals surface area contributed by atoms with E-state index in [1.807, 2.05) is 13.0 Å². The lowest BCUT2D eigenvalue weighted by atomic mass is 10.0. The zero-order chi connectivity index (χ0) is 16.3. The van der Waals surface area contributed by atoms with Gasteiger partial charge in [0.2, 0.25) is 5.91 Å². The Hall–Kier alpha value is -2.21. The zero-order valence-corrected chi connectivity index (χ0v) is 13.4. The van der Waals surface area contributed by atoms with E-state index in [9.17, 15) is 14.0 Å². The number of carbonyl (C=O) groups excluding carboxylic acids is 2. The van der Waals surface area contributed by atoms with Crippen LogP contribution in [-0.4, -0.2) is 17.4 Å². The van der Waals surface area contributed by atoms with E-state index >= 15 is 0 Å². The minimum atomic E-state index is -1.09. The molecule has 2 N–H and O–H groups in total. The summed E-state index contributed by atoms with van der Waals surface area (Å²) >= 11 is 1.37. The summed E-state index contributed by atoms with van der Waals surface area (Å²) in [6, 6.07) is 9.03. The Morgan fingerprint density at radius 1 is 1.09 bits per heavy atom. The maximum Gasteiger partial charge on any atom is 0.262 e. The van der Waals surface area contributed by atoms with Gasteiger partial charge in [0.25, 0.3) is 5.91 Å². The molecule has 0 aliphatic carbocycles. The zero-order valence-electron chi connectivity index (χ0n) is 12.6. The highest BCUT2D eigenvalue weighted by Crippen LogP contribution is 2.17. The number of amides is 2. The Bertz CT molecular complexity index is 692. The van der Waals surface area contributed by atoms with Crippen LogP contribution in [0.2, 0.25) is 0 Å². The molecule has 1 aromatic carbocycles. The van der Waals surface area contributed by atoms with Crippen LogP contribution in [0.3, 0.4) is 0 Å². The number of nitrogens with one attached hydrogen (secondary N) is 2. The predicted octanol–water partition coefficient (Wildman–Crippen LogP) is 3.34. The lowest BCUT2D eigenvalue weighted by molar-refractivity contribution is -0.120. The van der Waals surface area contributed by atoms with Crippen molar-refractivity contribution in [1.82, 2.24) is 5.32 Å². The second-order valence-corrected chi connectivity index (χ2v) is 6.74. The molecule has 0 unspecified atom stereocenters. The van der Waals surface area contributed by atoms with E-state index in [1.54, 1.807) is 19.9 Å². The lowest BCUT2D eigenvalue weighted by Gasteiger charge is -2.24. The van der Waals surface area contributed by atoms with Crippen LogP contribution >= 0.6 is 11.3 Å². The van der Waals surface area contributed by atoms with Gasteiger partial charge in [-0.1, -0.05) is 0 Å². The number of halogens is 1. The van der Waals surface area contributed by atoms with Crippen LogP contribution in [0, 0.1) is 12.7 Å². The summed E-state index contributed by atoms with van der Waals surface area (Å²) in [7, 11) is 0. The van der Waals surface area contributed by atoms with Crippen molar-refractivity contribution < 1.29 is 14.0 Å². The molecule has 0 aliphatic heterocycles. The highest BCUT2D eigenvalue weighted by Gasteiger charge is 2.30. The number of carbonyl (C=O) groups is 2. The molecule has 0 saturated heterocycles. The molecule has 0 radical (unpaired) electrons. The summed E-state index contributed by atoms with van der Waals surface area (Å²) in [4.78, 5) is 26.0. The van der Waals surface area contributed by atoms with Gasteiger partial charge in [0.05, 0.1) is 4.88 Å². The van der Waals surface area contributed by atoms with Crippen LogP contribution in [0.5, 0.6) is 0 Å². The third-order valence-electron chi connectivity index (χ3n) is 3.06. The van der Waals surface area contributed by atoms with E-state index < -0.39 is 5.54 Å². The van der Waals surface area contributed by atoms with Gasteiger partial charge in [0.15, 0.2) is 0 Å². The molecule has 1 aromatic heterocycles. The highest BCUT2D eigenvalue weighted by atomic mass is 32.1. The van der Waals surface area contributed by atoms with E-state index in [2.05, 4.69) is 10.6 Å². The summed E-state index contributed by atoms with van der Waals surface area (Å²) < 4.78 is 12.9. The molecule has 4 nitrogen and oxygen atoms in total. The van der Waals surface area contributed by atoms with Gasteiger partial charge < -0.3 is 10.6 Å². The van der Waals surface area contributed by atoms with E-state index in [-0.39, 0.29) is 17.6 Å². The summed E-state index contributed by atoms with van der Waals surface area (Å²) in [6.07, 6.45) is 0. The van der Waals surface area contributed by atoms with Crippen molar-refractivity contribution in [3.05, 3.63) is 52.0 Å². The lowest BCUT2D eigenvalue weighted by Crippen LogP contribution is -2.52. The van der Waals surface area contributed by atoms with Crippen LogP contribution in [-0.2, 0) is 4.79 Å². The normalized spacial score (nSPS) is 11.1. The second kappa shape index (κ2) is 6.27. The molecule has 2 aromatic rings. The second-order valence-electron chi connectivity index (χ2n) is 5.45. The third-order valence-corrected chi connectivity index (χ3v) is 4.06. The molecule has 6 heteroatoms. The molecule has 0 fully saturated rings. The molecular weight excluding hydrogens is 303 g/mol. The molecule has 116 valence electrons. The summed E-state index contributed by atoms with van der Waals surface area (Å²) in [5.41, 5.74) is -0.621. The van der Waals surface area contributed by atoms with Gasteiger partial charge in [-0.3, -0.25) is 9.59 Å². The average molecular weight is 320 g/mol. The van der Waals surface area contributed by atoms with Crippen LogP contribution in [0.15, 0.2) is 36.4 Å². The topological polar surface area (TPSA) is 58.2 Å². The molecule has 2 rings (SSSR count). The van der Waals surface area contributed by atoms with Crippen molar-refractivity contribution in [2.45, 2.75) is 26.3 Å². The average Bonchev–Trinajstić information content (AvgIpc) is 2.87. The van der Waals surface area contributed by atoms with Gasteiger partial charge in [0, 0.05) is 10.6 Å². The molecular formula is C16H17FN2O2S. The van der Waals surface area contributed by atoms with Crippen molar-refractivity contribution in [2.24, 2.45) is 0 Å². The van der Waals surface area contributed by atoms with E-state index in [0.717, 1.165) is 4.88 Å². The van der Waals surface area contributed by atoms with Gasteiger partial charge >= 0.3 is 0 Å². The monoisotopic (exact) mass is 320 g/mol. The third kappa shape index (κ3) is 3.92. The number of benzene rings is 1. The van der Waals surface area contributed by atoms with Crippen LogP contribution in [0.1, 0.15) is 28.4 Å². The van der Waals surface area contributed by atoms with Gasteiger partial charge in [-0.05, 0) is 57.2 Å². The van der Waals surface area contributed by atoms with Gasteiger partial charge in [-0.15, -0.1) is 11.3 Å². The molecule has 2 amide bonds. The van der Waals surface area contributed by atoms with Crippen LogP contribution in [0.4, 0.5) is 10.1 Å². The quantitative estimate of drug-likeness (QED) is 0.907. The Morgan fingerprint density at radius 2 is 1.73 bits per heavy atom. The van der Waals surface area contributed by atoms with Crippen LogP contribution < -0.4 is 10.6 Å². The van der Waals surface area contributed by atoms with E-state index in [1.165, 1.54) is 35.6 Å². The number of rotatable bonds is 4. The van der Waals surface area contributed by atoms with Crippen molar-refractivity contribution >= 4 is 28.8 Å². The molecule has 0 bridgehead atoms. The number of aryl methyl sites for hydroxylation is 1. The number of thiophene rings is 1. The maximum absolute atomic E-state index is 12.9. The van der Waals surface area contributed by atoms with Crippen LogP contribution in [0.25, 0.3) is 0 Å². The van der Waals surface area contributed by atoms with Crippen molar-refractivity contribution in [3.8, 4) is 0 Å². The van der Waals surface area contributed by atoms with Crippen molar-refractivity contribution in [1.29, 1.82) is 0 Å². The first-order valence-corrected chi connectivity index (χ1v) is 7.55. The maximum atomic E-state index is 12.9. The smallest absolute Gasteiger partial charge is 0.262 e. The largest absolute Gasteiger partial charge is 0.337 e. The van der Waals surface area contributed by atoms with Crippen molar-refractivity contribution in [2.75, 3.05) is 5.32 Å². The molecule has 0 saturated carbocycles. The number of hydrogen-bond acceptors (Lipinski definition) is 3. The predicted molar refractivity (Wildman–Crippen MR) is 85.6 cm³/mol. The van der Waals surface area contributed by atoms with E-state index in [4.69, 9.17) is 0 Å². The molecule has 0 atom stereocenters. The first-order valence-electron chi connectivity index (χ1n) is 6.74. The summed E-state index contributed by atoms with van der Waals surface area (Å²) in [5.74, 6) is -1.04. The molecule has 0 aliphatic rings. The fourth-order valence-corrected chi connectivity index (χ4v) is 2.54. The number of anilines is 1. The Balaban J connectivity index is 2.03. The Morgan fingerprint density at radius 3 is 2.27 bits per heavy atom. The number of hydrogen-bond donors (Lipinski definition) is 2. The summed E-state index contributed by atoms with van der Waals surface area (Å²) in [6.45, 7) is 5.14. The van der Waals surface area contributed by atoms with Crippen molar-refractivity contribution in [3.63, 3.8) is 0 Å². The summed E-state index contributed by atoms with van der Waals surface area (Å²) in [5, 5.41) is 5.36. The molecule has 0 spiro atoms. The Kier molecular flexibility index (Phi) is 4.61.